The molecule has 0 saturated carbocycles. The molecule has 468 valence electrons. The van der Waals surface area contributed by atoms with Crippen molar-refractivity contribution in [1.29, 1.82) is 0 Å². The molecule has 21 nitrogen and oxygen atoms in total. The Bertz CT molecular complexity index is 2100. The van der Waals surface area contributed by atoms with Crippen molar-refractivity contribution in [2.24, 2.45) is 5.41 Å². The fraction of sp³-hybridized carbons (Fsp3) is 0.770. The first-order valence-corrected chi connectivity index (χ1v) is 29.3. The zero-order valence-corrected chi connectivity index (χ0v) is 53.3. The van der Waals surface area contributed by atoms with Crippen molar-refractivity contribution in [1.82, 2.24) is 40.4 Å². The lowest BCUT2D eigenvalue weighted by molar-refractivity contribution is -0.192. The highest BCUT2D eigenvalue weighted by molar-refractivity contribution is 5.78. The fourth-order valence-corrected chi connectivity index (χ4v) is 8.73. The van der Waals surface area contributed by atoms with Gasteiger partial charge in [0.1, 0.15) is 22.4 Å². The van der Waals surface area contributed by atoms with E-state index in [2.05, 4.69) is 48.9 Å². The number of ether oxygens (including phenoxy) is 4. The summed E-state index contributed by atoms with van der Waals surface area (Å²) in [6, 6.07) is 7.56. The molecule has 1 aromatic carbocycles. The number of carbonyl (C=O) groups is 7. The Labute approximate surface area is 491 Å². The van der Waals surface area contributed by atoms with Crippen LogP contribution in [-0.4, -0.2) is 198 Å². The number of esters is 4. The van der Waals surface area contributed by atoms with Gasteiger partial charge in [-0.15, -0.1) is 0 Å². The molecule has 4 amide bonds. The lowest BCUT2D eigenvalue weighted by Gasteiger charge is -2.34. The summed E-state index contributed by atoms with van der Waals surface area (Å²) in [5.41, 5.74) is -0.612. The van der Waals surface area contributed by atoms with Gasteiger partial charge in [-0.25, -0.2) is 4.79 Å². The van der Waals surface area contributed by atoms with Gasteiger partial charge in [-0.1, -0.05) is 50.6 Å². The number of unbranched alkanes of at least 4 members (excludes halogenated alkanes) is 2. The lowest BCUT2D eigenvalue weighted by Crippen LogP contribution is -2.50. The highest BCUT2D eigenvalue weighted by atomic mass is 16.6. The van der Waals surface area contributed by atoms with Crippen LogP contribution in [0.25, 0.3) is 0 Å². The van der Waals surface area contributed by atoms with Crippen molar-refractivity contribution in [3.63, 3.8) is 0 Å². The van der Waals surface area contributed by atoms with E-state index in [0.717, 1.165) is 30.4 Å². The third-order valence-corrected chi connectivity index (χ3v) is 12.7. The molecule has 0 spiro atoms. The van der Waals surface area contributed by atoms with Crippen molar-refractivity contribution in [2.75, 3.05) is 91.6 Å². The number of aryl methyl sites for hydroxylation is 1. The van der Waals surface area contributed by atoms with Crippen LogP contribution >= 0.6 is 0 Å². The zero-order valence-electron chi connectivity index (χ0n) is 53.3. The molecule has 1 fully saturated rings. The number of benzene rings is 1. The largest absolute Gasteiger partial charge is 0.460 e. The molecule has 3 N–H and O–H groups in total. The maximum absolute atomic E-state index is 13.9. The van der Waals surface area contributed by atoms with Crippen molar-refractivity contribution in [2.45, 2.75) is 210 Å². The molecule has 1 aliphatic heterocycles. The van der Waals surface area contributed by atoms with Gasteiger partial charge < -0.3 is 39.8 Å². The molecule has 0 bridgehead atoms. The summed E-state index contributed by atoms with van der Waals surface area (Å²) in [7, 11) is 0. The van der Waals surface area contributed by atoms with E-state index in [1.807, 2.05) is 134 Å². The normalized spacial score (nSPS) is 15.6. The number of hydrogen-bond donors (Lipinski definition) is 3. The first kappa shape index (κ1) is 74.5. The topological polar surface area (TPSA) is 243 Å². The Morgan fingerprint density at radius 1 is 0.537 bits per heavy atom. The number of carbonyl (C=O) groups excluding carboxylic acids is 9. The van der Waals surface area contributed by atoms with Crippen LogP contribution in [0.3, 0.4) is 0 Å². The van der Waals surface area contributed by atoms with Gasteiger partial charge >= 0.3 is 36.1 Å². The number of rotatable bonds is 25. The molecule has 0 aliphatic carbocycles. The van der Waals surface area contributed by atoms with Crippen LogP contribution in [0.1, 0.15) is 173 Å². The third-order valence-electron chi connectivity index (χ3n) is 12.7. The Morgan fingerprint density at radius 3 is 1.34 bits per heavy atom. The maximum atomic E-state index is 13.9. The standard InChI is InChI=1S/C60H106N8O11.CO2/c1-45-24-27-47(28-25-45)40-68(31-21-19-22-48(56(3,4)5)63-55(75)62-46(2)26-29-51(71)76-57(6,7)8)50(70)23-18-20-30-61-49(69)41-64-32-34-65(42-52(72)77-58(9,10)11)36-38-67(44-54(74)79-60(15,16)17)39-37-66(35-33-64)43-53(73)78-59(12,13)14;2-1-3/h24-25,27-28,46,48H,18-23,26,29-44H2,1-17H3,(H,61,69)(H2,62,63,75);/t46-,48+;/m1./s1. The fourth-order valence-electron chi connectivity index (χ4n) is 8.73. The van der Waals surface area contributed by atoms with E-state index in [4.69, 9.17) is 28.5 Å². The average Bonchev–Trinajstić information content (AvgIpc) is 3.34. The monoisotopic (exact) mass is 1160 g/mol. The SMILES string of the molecule is Cc1ccc(CN(CCCC[C@H](NC(=O)N[C@H](C)CCC(=O)OC(C)(C)C)C(C)(C)C)C(=O)CCCCNC(=O)CN2CCN(CC(=O)OC(C)(C)C)CCN(CC(=O)OC(C)(C)C)CCN(CC(=O)OC(C)(C)C)CC2)cc1.O=C=O. The summed E-state index contributed by atoms with van der Waals surface area (Å²) in [6.45, 7) is 37.2. The summed E-state index contributed by atoms with van der Waals surface area (Å²) >= 11 is 0. The van der Waals surface area contributed by atoms with Crippen LogP contribution in [0.15, 0.2) is 24.3 Å². The molecule has 1 aromatic rings. The van der Waals surface area contributed by atoms with E-state index in [1.165, 1.54) is 0 Å². The van der Waals surface area contributed by atoms with E-state index in [0.29, 0.717) is 97.7 Å². The van der Waals surface area contributed by atoms with Gasteiger partial charge in [-0.05, 0) is 146 Å². The summed E-state index contributed by atoms with van der Waals surface area (Å²) in [6.07, 6.45) is 4.68. The van der Waals surface area contributed by atoms with Gasteiger partial charge in [0, 0.05) is 96.9 Å². The van der Waals surface area contributed by atoms with E-state index in [1.54, 1.807) is 0 Å². The molecule has 1 aliphatic rings. The molecule has 21 heteroatoms. The van der Waals surface area contributed by atoms with Crippen LogP contribution in [0.2, 0.25) is 0 Å². The first-order valence-electron chi connectivity index (χ1n) is 29.3. The van der Waals surface area contributed by atoms with Gasteiger partial charge in [0.15, 0.2) is 0 Å². The number of urea groups is 1. The number of amides is 4. The predicted octanol–water partition coefficient (Wildman–Crippen LogP) is 6.67. The summed E-state index contributed by atoms with van der Waals surface area (Å²) < 4.78 is 22.5. The number of nitrogens with one attached hydrogen (secondary N) is 3. The number of nitrogens with zero attached hydrogens (tertiary/aromatic N) is 5. The van der Waals surface area contributed by atoms with Crippen LogP contribution in [-0.2, 0) is 63.8 Å². The van der Waals surface area contributed by atoms with Gasteiger partial charge in [-0.3, -0.25) is 48.4 Å². The minimum atomic E-state index is -0.672. The molecule has 1 heterocycles. The molecule has 0 unspecified atom stereocenters. The van der Waals surface area contributed by atoms with Crippen molar-refractivity contribution < 1.29 is 62.1 Å². The van der Waals surface area contributed by atoms with E-state index in [9.17, 15) is 33.6 Å². The van der Waals surface area contributed by atoms with Gasteiger partial charge in [0.2, 0.25) is 11.8 Å². The van der Waals surface area contributed by atoms with E-state index < -0.39 is 22.4 Å². The summed E-state index contributed by atoms with van der Waals surface area (Å²) in [5.74, 6) is -1.54. The molecule has 1 saturated heterocycles. The average molecular weight is 1160 g/mol. The first-order chi connectivity index (χ1) is 37.8. The Hall–Kier alpha value is -5.47. The Balaban J connectivity index is 0.0000109. The number of hydrogen-bond acceptors (Lipinski definition) is 17. The summed E-state index contributed by atoms with van der Waals surface area (Å²) in [5, 5.41) is 9.21. The summed E-state index contributed by atoms with van der Waals surface area (Å²) in [4.78, 5) is 118. The highest BCUT2D eigenvalue weighted by Crippen LogP contribution is 2.24. The molecule has 0 radical (unpaired) electrons. The molecule has 0 aromatic heterocycles. The van der Waals surface area contributed by atoms with Crippen molar-refractivity contribution in [3.05, 3.63) is 35.4 Å². The zero-order chi connectivity index (χ0) is 62.5. The lowest BCUT2D eigenvalue weighted by atomic mass is 9.83. The predicted molar refractivity (Wildman–Crippen MR) is 315 cm³/mol. The minimum Gasteiger partial charge on any atom is -0.460 e. The second kappa shape index (κ2) is 36.3. The second-order valence-corrected chi connectivity index (χ2v) is 26.6. The van der Waals surface area contributed by atoms with Crippen LogP contribution in [0.4, 0.5) is 4.79 Å². The molecular formula is C61H106N8O13. The second-order valence-electron chi connectivity index (χ2n) is 26.6. The molecule has 2 rings (SSSR count). The smallest absolute Gasteiger partial charge is 0.373 e. The van der Waals surface area contributed by atoms with Crippen molar-refractivity contribution >= 4 is 47.9 Å². The molecule has 2 atom stereocenters. The van der Waals surface area contributed by atoms with E-state index in [-0.39, 0.29) is 98.0 Å². The van der Waals surface area contributed by atoms with E-state index >= 15 is 0 Å². The van der Waals surface area contributed by atoms with Gasteiger partial charge in [-0.2, -0.15) is 9.59 Å². The third kappa shape index (κ3) is 38.3. The van der Waals surface area contributed by atoms with Crippen molar-refractivity contribution in [3.8, 4) is 0 Å². The molecule has 82 heavy (non-hydrogen) atoms. The van der Waals surface area contributed by atoms with Gasteiger partial charge in [0.05, 0.1) is 26.2 Å². The Morgan fingerprint density at radius 2 is 0.939 bits per heavy atom. The minimum absolute atomic E-state index is 0.0279. The van der Waals surface area contributed by atoms with Crippen LogP contribution < -0.4 is 16.0 Å². The van der Waals surface area contributed by atoms with Crippen LogP contribution in [0, 0.1) is 12.3 Å². The maximum Gasteiger partial charge on any atom is 0.373 e. The molecular weight excluding hydrogens is 1050 g/mol. The van der Waals surface area contributed by atoms with Gasteiger partial charge in [0.25, 0.3) is 0 Å². The highest BCUT2D eigenvalue weighted by Gasteiger charge is 2.29. The van der Waals surface area contributed by atoms with Crippen LogP contribution in [0.5, 0.6) is 0 Å². The Kier molecular flexibility index (Phi) is 33.0. The quantitative estimate of drug-likeness (QED) is 0.0526.